The van der Waals surface area contributed by atoms with Crippen molar-refractivity contribution in [2.45, 2.75) is 26.8 Å². The molecule has 0 aromatic heterocycles. The molecule has 2 nitrogen and oxygen atoms in total. The fraction of sp³-hybridized carbons (Fsp3) is 0.500. The van der Waals surface area contributed by atoms with Crippen molar-refractivity contribution in [2.24, 2.45) is 0 Å². The quantitative estimate of drug-likeness (QED) is 0.481. The molecule has 0 saturated heterocycles. The molecule has 10 heavy (non-hydrogen) atoms. The average molecular weight is 141 g/mol. The normalized spacial score (nSPS) is 12.0. The fourth-order valence-corrected chi connectivity index (χ4v) is 0.725. The van der Waals surface area contributed by atoms with Crippen LogP contribution in [0.25, 0.3) is 0 Å². The summed E-state index contributed by atoms with van der Waals surface area (Å²) in [5, 5.41) is 10.1. The van der Waals surface area contributed by atoms with E-state index in [4.69, 9.17) is 5.21 Å². The van der Waals surface area contributed by atoms with Crippen LogP contribution in [0.2, 0.25) is 0 Å². The lowest BCUT2D eigenvalue weighted by Gasteiger charge is -2.16. The number of hydrogen-bond acceptors (Lipinski definition) is 2. The summed E-state index contributed by atoms with van der Waals surface area (Å²) in [6.07, 6.45) is 3.35. The zero-order valence-electron chi connectivity index (χ0n) is 6.83. The first-order valence-corrected chi connectivity index (χ1v) is 3.32. The van der Waals surface area contributed by atoms with E-state index in [1.54, 1.807) is 0 Å². The highest BCUT2D eigenvalue weighted by Crippen LogP contribution is 2.00. The molecule has 0 heterocycles. The number of allylic oxidation sites excluding steroid dienone is 1. The van der Waals surface area contributed by atoms with Gasteiger partial charge in [0.25, 0.3) is 0 Å². The maximum atomic E-state index is 9.05. The van der Waals surface area contributed by atoms with E-state index in [0.29, 0.717) is 0 Å². The van der Waals surface area contributed by atoms with E-state index in [-0.39, 0.29) is 6.04 Å². The van der Waals surface area contributed by atoms with Gasteiger partial charge in [-0.25, -0.2) is 0 Å². The van der Waals surface area contributed by atoms with Gasteiger partial charge in [0.2, 0.25) is 0 Å². The topological polar surface area (TPSA) is 23.5 Å². The Morgan fingerprint density at radius 1 is 1.60 bits per heavy atom. The minimum absolute atomic E-state index is 0.0162. The largest absolute Gasteiger partial charge is 0.288 e. The van der Waals surface area contributed by atoms with E-state index in [2.05, 4.69) is 6.58 Å². The molecule has 0 spiro atoms. The second-order valence-electron chi connectivity index (χ2n) is 2.55. The molecule has 1 N–H and O–H groups in total. The molecule has 1 unspecified atom stereocenters. The van der Waals surface area contributed by atoms with Crippen LogP contribution in [0.15, 0.2) is 24.4 Å². The van der Waals surface area contributed by atoms with Gasteiger partial charge >= 0.3 is 0 Å². The Labute approximate surface area is 62.4 Å². The Balaban J connectivity index is 3.95. The van der Waals surface area contributed by atoms with Crippen LogP contribution < -0.4 is 0 Å². The van der Waals surface area contributed by atoms with Gasteiger partial charge in [-0.05, 0) is 20.8 Å². The minimum atomic E-state index is 0.0162. The van der Waals surface area contributed by atoms with Gasteiger partial charge in [-0.15, -0.1) is 0 Å². The van der Waals surface area contributed by atoms with E-state index >= 15 is 0 Å². The highest BCUT2D eigenvalue weighted by molar-refractivity contribution is 4.99. The number of nitrogens with zero attached hydrogens (tertiary/aromatic N) is 1. The van der Waals surface area contributed by atoms with Crippen LogP contribution in [0.3, 0.4) is 0 Å². The van der Waals surface area contributed by atoms with E-state index in [9.17, 15) is 0 Å². The first-order valence-electron chi connectivity index (χ1n) is 3.32. The molecule has 0 fully saturated rings. The van der Waals surface area contributed by atoms with Crippen molar-refractivity contribution in [3.63, 3.8) is 0 Å². The Morgan fingerprint density at radius 3 is 2.40 bits per heavy atom. The van der Waals surface area contributed by atoms with Crippen molar-refractivity contribution >= 4 is 0 Å². The van der Waals surface area contributed by atoms with E-state index in [1.807, 2.05) is 26.8 Å². The lowest BCUT2D eigenvalue weighted by molar-refractivity contribution is -0.0588. The Bertz CT molecular complexity index is 136. The van der Waals surface area contributed by atoms with E-state index in [0.717, 1.165) is 5.06 Å². The molecule has 0 radical (unpaired) electrons. The fourth-order valence-electron chi connectivity index (χ4n) is 0.725. The summed E-state index contributed by atoms with van der Waals surface area (Å²) in [6, 6.07) is 0.0162. The first-order chi connectivity index (χ1) is 4.57. The van der Waals surface area contributed by atoms with Crippen LogP contribution in [0, 0.1) is 0 Å². The van der Waals surface area contributed by atoms with E-state index in [1.165, 1.54) is 11.8 Å². The third-order valence-corrected chi connectivity index (χ3v) is 1.18. The van der Waals surface area contributed by atoms with Crippen molar-refractivity contribution < 1.29 is 5.21 Å². The van der Waals surface area contributed by atoms with Crippen molar-refractivity contribution in [1.29, 1.82) is 0 Å². The summed E-state index contributed by atoms with van der Waals surface area (Å²) >= 11 is 0. The van der Waals surface area contributed by atoms with Crippen LogP contribution in [-0.4, -0.2) is 16.3 Å². The van der Waals surface area contributed by atoms with Gasteiger partial charge in [0.05, 0.1) is 6.04 Å². The molecule has 0 aromatic rings. The molecule has 0 rings (SSSR count). The monoisotopic (exact) mass is 141 g/mol. The first kappa shape index (κ1) is 9.24. The van der Waals surface area contributed by atoms with Crippen LogP contribution >= 0.6 is 0 Å². The zero-order chi connectivity index (χ0) is 8.15. The molecular weight excluding hydrogens is 126 g/mol. The van der Waals surface area contributed by atoms with Gasteiger partial charge in [-0.1, -0.05) is 18.2 Å². The van der Waals surface area contributed by atoms with Gasteiger partial charge in [0.15, 0.2) is 0 Å². The molecule has 0 bridgehead atoms. The SMILES string of the molecule is C=CN(O)C(C)C=C(C)C. The lowest BCUT2D eigenvalue weighted by Crippen LogP contribution is -2.21. The second kappa shape index (κ2) is 4.12. The molecule has 0 amide bonds. The number of hydroxylamine groups is 2. The summed E-state index contributed by atoms with van der Waals surface area (Å²) in [5.41, 5.74) is 1.19. The predicted molar refractivity (Wildman–Crippen MR) is 42.7 cm³/mol. The molecule has 0 aliphatic heterocycles. The molecule has 0 saturated carbocycles. The number of hydrogen-bond donors (Lipinski definition) is 1. The molecule has 58 valence electrons. The second-order valence-corrected chi connectivity index (χ2v) is 2.55. The maximum Gasteiger partial charge on any atom is 0.0710 e. The Kier molecular flexibility index (Phi) is 3.81. The summed E-state index contributed by atoms with van der Waals surface area (Å²) in [6.45, 7) is 9.32. The predicted octanol–water partition coefficient (Wildman–Crippen LogP) is 2.18. The van der Waals surface area contributed by atoms with Crippen LogP contribution in [0.5, 0.6) is 0 Å². The molecular formula is C8H15NO. The van der Waals surface area contributed by atoms with Gasteiger partial charge < -0.3 is 0 Å². The van der Waals surface area contributed by atoms with Crippen molar-refractivity contribution in [2.75, 3.05) is 0 Å². The standard InChI is InChI=1S/C8H15NO/c1-5-9(10)8(4)6-7(2)3/h5-6,8,10H,1H2,2-4H3. The highest BCUT2D eigenvalue weighted by Gasteiger charge is 2.00. The van der Waals surface area contributed by atoms with Crippen LogP contribution in [0.1, 0.15) is 20.8 Å². The Morgan fingerprint density at radius 2 is 2.10 bits per heavy atom. The minimum Gasteiger partial charge on any atom is -0.288 e. The van der Waals surface area contributed by atoms with Crippen molar-refractivity contribution in [3.05, 3.63) is 24.4 Å². The smallest absolute Gasteiger partial charge is 0.0710 e. The molecule has 0 aliphatic carbocycles. The molecule has 0 aliphatic rings. The van der Waals surface area contributed by atoms with Gasteiger partial charge in [0, 0.05) is 6.20 Å². The summed E-state index contributed by atoms with van der Waals surface area (Å²) in [4.78, 5) is 0. The van der Waals surface area contributed by atoms with Crippen molar-refractivity contribution in [1.82, 2.24) is 5.06 Å². The van der Waals surface area contributed by atoms with Crippen molar-refractivity contribution in [3.8, 4) is 0 Å². The number of rotatable bonds is 3. The summed E-state index contributed by atoms with van der Waals surface area (Å²) in [5.74, 6) is 0. The summed E-state index contributed by atoms with van der Waals surface area (Å²) < 4.78 is 0. The molecule has 2 heteroatoms. The third-order valence-electron chi connectivity index (χ3n) is 1.18. The Hall–Kier alpha value is -0.760. The summed E-state index contributed by atoms with van der Waals surface area (Å²) in [7, 11) is 0. The lowest BCUT2D eigenvalue weighted by atomic mass is 10.2. The van der Waals surface area contributed by atoms with E-state index < -0.39 is 0 Å². The maximum absolute atomic E-state index is 9.05. The van der Waals surface area contributed by atoms with Gasteiger partial charge in [-0.3, -0.25) is 10.3 Å². The molecule has 0 aromatic carbocycles. The average Bonchev–Trinajstić information content (AvgIpc) is 1.85. The highest BCUT2D eigenvalue weighted by atomic mass is 16.5. The molecule has 1 atom stereocenters. The zero-order valence-corrected chi connectivity index (χ0v) is 6.83. The van der Waals surface area contributed by atoms with Crippen LogP contribution in [-0.2, 0) is 0 Å². The third kappa shape index (κ3) is 3.30. The van der Waals surface area contributed by atoms with Gasteiger partial charge in [0.1, 0.15) is 0 Å². The van der Waals surface area contributed by atoms with Crippen LogP contribution in [0.4, 0.5) is 0 Å². The van der Waals surface area contributed by atoms with Gasteiger partial charge in [-0.2, -0.15) is 0 Å².